The fourth-order valence-corrected chi connectivity index (χ4v) is 4.46. The van der Waals surface area contributed by atoms with Crippen LogP contribution in [0.2, 0.25) is 0 Å². The van der Waals surface area contributed by atoms with Crippen molar-refractivity contribution < 1.29 is 17.9 Å². The van der Waals surface area contributed by atoms with Gasteiger partial charge in [0.1, 0.15) is 0 Å². The van der Waals surface area contributed by atoms with Crippen LogP contribution < -0.4 is 15.4 Å². The minimum Gasteiger partial charge on any atom is -0.383 e. The van der Waals surface area contributed by atoms with Crippen molar-refractivity contribution in [1.29, 1.82) is 0 Å². The first-order chi connectivity index (χ1) is 12.0. The highest BCUT2D eigenvalue weighted by Crippen LogP contribution is 2.12. The van der Waals surface area contributed by atoms with Gasteiger partial charge in [-0.1, -0.05) is 12.1 Å². The van der Waals surface area contributed by atoms with E-state index in [1.54, 1.807) is 18.2 Å². The first-order valence-electron chi connectivity index (χ1n) is 8.16. The first-order valence-corrected chi connectivity index (χ1v) is 10.8. The molecule has 26 heavy (non-hydrogen) atoms. The zero-order chi connectivity index (χ0) is 18.1. The van der Waals surface area contributed by atoms with Crippen LogP contribution in [0.4, 0.5) is 0 Å². The summed E-state index contributed by atoms with van der Waals surface area (Å²) in [7, 11) is -2.06. The molecule has 148 valence electrons. The third kappa shape index (κ3) is 7.81. The molecule has 0 aromatic heterocycles. The number of benzene rings is 1. The van der Waals surface area contributed by atoms with Gasteiger partial charge in [-0.2, -0.15) is 11.8 Å². The Morgan fingerprint density at radius 3 is 2.92 bits per heavy atom. The highest BCUT2D eigenvalue weighted by Gasteiger charge is 2.17. The van der Waals surface area contributed by atoms with E-state index in [0.717, 1.165) is 23.6 Å². The lowest BCUT2D eigenvalue weighted by Gasteiger charge is -2.22. The van der Waals surface area contributed by atoms with E-state index >= 15 is 0 Å². The van der Waals surface area contributed by atoms with Gasteiger partial charge in [0.15, 0.2) is 0 Å². The number of hydrogen-bond donors (Lipinski definition) is 3. The molecule has 7 nitrogen and oxygen atoms in total. The van der Waals surface area contributed by atoms with Crippen LogP contribution in [0.1, 0.15) is 12.0 Å². The number of amides is 1. The molecule has 1 fully saturated rings. The van der Waals surface area contributed by atoms with E-state index in [2.05, 4.69) is 15.4 Å². The van der Waals surface area contributed by atoms with Crippen LogP contribution in [-0.2, 0) is 26.1 Å². The van der Waals surface area contributed by atoms with Crippen LogP contribution in [0.3, 0.4) is 0 Å². The lowest BCUT2D eigenvalue weighted by atomic mass is 10.2. The van der Waals surface area contributed by atoms with E-state index in [1.165, 1.54) is 13.2 Å². The molecule has 1 saturated heterocycles. The Morgan fingerprint density at radius 1 is 1.42 bits per heavy atom. The van der Waals surface area contributed by atoms with E-state index in [-0.39, 0.29) is 35.8 Å². The van der Waals surface area contributed by atoms with Crippen LogP contribution >= 0.6 is 24.2 Å². The number of methoxy groups -OCH3 is 1. The predicted octanol–water partition coefficient (Wildman–Crippen LogP) is 0.744. The molecule has 0 spiro atoms. The molecule has 1 amide bonds. The fourth-order valence-electron chi connectivity index (χ4n) is 2.43. The van der Waals surface area contributed by atoms with Crippen LogP contribution in [-0.4, -0.2) is 58.7 Å². The summed E-state index contributed by atoms with van der Waals surface area (Å²) in [5.41, 5.74) is 0.744. The molecule has 0 bridgehead atoms. The van der Waals surface area contributed by atoms with Gasteiger partial charge in [0, 0.05) is 50.7 Å². The Bertz CT molecular complexity index is 667. The van der Waals surface area contributed by atoms with Crippen molar-refractivity contribution in [2.45, 2.75) is 23.9 Å². The molecule has 1 atom stereocenters. The Kier molecular flexibility index (Phi) is 10.5. The average Bonchev–Trinajstić information content (AvgIpc) is 2.61. The zero-order valence-electron chi connectivity index (χ0n) is 14.7. The van der Waals surface area contributed by atoms with Crippen molar-refractivity contribution in [2.75, 3.05) is 38.3 Å². The van der Waals surface area contributed by atoms with Gasteiger partial charge in [-0.05, 0) is 17.7 Å². The average molecular weight is 424 g/mol. The van der Waals surface area contributed by atoms with E-state index in [4.69, 9.17) is 4.74 Å². The second kappa shape index (κ2) is 11.8. The van der Waals surface area contributed by atoms with Crippen molar-refractivity contribution in [3.05, 3.63) is 29.8 Å². The minimum atomic E-state index is -3.57. The fraction of sp³-hybridized carbons (Fsp3) is 0.562. The summed E-state index contributed by atoms with van der Waals surface area (Å²) < 4.78 is 31.7. The molecule has 1 heterocycles. The predicted molar refractivity (Wildman–Crippen MR) is 106 cm³/mol. The number of sulfonamides is 1. The summed E-state index contributed by atoms with van der Waals surface area (Å²) >= 11 is 1.85. The second-order valence-electron chi connectivity index (χ2n) is 5.74. The summed E-state index contributed by atoms with van der Waals surface area (Å²) in [5, 5.41) is 6.18. The largest absolute Gasteiger partial charge is 0.383 e. The highest BCUT2D eigenvalue weighted by molar-refractivity contribution is 7.99. The van der Waals surface area contributed by atoms with Gasteiger partial charge < -0.3 is 15.4 Å². The van der Waals surface area contributed by atoms with Crippen molar-refractivity contribution in [3.8, 4) is 0 Å². The van der Waals surface area contributed by atoms with Crippen LogP contribution in [0.5, 0.6) is 0 Å². The normalized spacial score (nSPS) is 17.3. The maximum absolute atomic E-state index is 12.2. The highest BCUT2D eigenvalue weighted by atomic mass is 35.5. The van der Waals surface area contributed by atoms with Crippen LogP contribution in [0, 0.1) is 0 Å². The van der Waals surface area contributed by atoms with Crippen molar-refractivity contribution in [2.24, 2.45) is 0 Å². The van der Waals surface area contributed by atoms with Gasteiger partial charge in [0.2, 0.25) is 15.9 Å². The van der Waals surface area contributed by atoms with Crippen LogP contribution in [0.25, 0.3) is 0 Å². The summed E-state index contributed by atoms with van der Waals surface area (Å²) in [6.07, 6.45) is 0.434. The Hall–Kier alpha value is -0.840. The maximum atomic E-state index is 12.2. The first kappa shape index (κ1) is 23.2. The van der Waals surface area contributed by atoms with Gasteiger partial charge in [-0.15, -0.1) is 12.4 Å². The summed E-state index contributed by atoms with van der Waals surface area (Å²) in [6.45, 7) is 1.76. The molecule has 1 aliphatic heterocycles. The molecular weight excluding hydrogens is 398 g/mol. The number of thioether (sulfide) groups is 1. The molecule has 1 unspecified atom stereocenters. The smallest absolute Gasteiger partial charge is 0.240 e. The zero-order valence-corrected chi connectivity index (χ0v) is 17.1. The maximum Gasteiger partial charge on any atom is 0.240 e. The molecule has 2 rings (SSSR count). The topological polar surface area (TPSA) is 96.5 Å². The summed E-state index contributed by atoms with van der Waals surface area (Å²) in [6, 6.07) is 6.78. The standard InChI is InChI=1S/C16H25N3O4S2.ClH/c1-23-7-5-19-25(21,22)15-4-2-3-13(9-15)11-18-16(20)10-14-12-24-8-6-17-14;/h2-4,9,14,17,19H,5-8,10-12H2,1H3,(H,18,20);1H. The third-order valence-corrected chi connectivity index (χ3v) is 6.32. The number of ether oxygens (including phenoxy) is 1. The third-order valence-electron chi connectivity index (χ3n) is 3.73. The second-order valence-corrected chi connectivity index (χ2v) is 8.66. The van der Waals surface area contributed by atoms with E-state index in [0.29, 0.717) is 19.6 Å². The van der Waals surface area contributed by atoms with Gasteiger partial charge in [-0.25, -0.2) is 13.1 Å². The van der Waals surface area contributed by atoms with Crippen molar-refractivity contribution in [1.82, 2.24) is 15.4 Å². The molecule has 10 heteroatoms. The Morgan fingerprint density at radius 2 is 2.23 bits per heavy atom. The molecule has 1 aromatic carbocycles. The van der Waals surface area contributed by atoms with E-state index in [1.807, 2.05) is 11.8 Å². The summed E-state index contributed by atoms with van der Waals surface area (Å²) in [5.74, 6) is 1.98. The number of nitrogens with one attached hydrogen (secondary N) is 3. The molecule has 0 radical (unpaired) electrons. The minimum absolute atomic E-state index is 0. The SMILES string of the molecule is COCCNS(=O)(=O)c1cccc(CNC(=O)CC2CSCCN2)c1.Cl. The molecule has 1 aromatic rings. The van der Waals surface area contributed by atoms with E-state index < -0.39 is 10.0 Å². The number of rotatable bonds is 9. The monoisotopic (exact) mass is 423 g/mol. The molecule has 3 N–H and O–H groups in total. The Labute approximate surface area is 165 Å². The summed E-state index contributed by atoms with van der Waals surface area (Å²) in [4.78, 5) is 12.2. The number of carbonyl (C=O) groups is 1. The number of halogens is 1. The van der Waals surface area contributed by atoms with Crippen molar-refractivity contribution in [3.63, 3.8) is 0 Å². The molecule has 0 saturated carbocycles. The van der Waals surface area contributed by atoms with Gasteiger partial charge in [0.05, 0.1) is 11.5 Å². The number of hydrogen-bond acceptors (Lipinski definition) is 6. The van der Waals surface area contributed by atoms with Gasteiger partial charge in [-0.3, -0.25) is 4.79 Å². The lowest BCUT2D eigenvalue weighted by molar-refractivity contribution is -0.121. The molecule has 0 aliphatic carbocycles. The quantitative estimate of drug-likeness (QED) is 0.507. The van der Waals surface area contributed by atoms with Crippen molar-refractivity contribution >= 4 is 40.1 Å². The molecule has 1 aliphatic rings. The lowest BCUT2D eigenvalue weighted by Crippen LogP contribution is -2.41. The van der Waals surface area contributed by atoms with Crippen LogP contribution in [0.15, 0.2) is 29.2 Å². The van der Waals surface area contributed by atoms with E-state index in [9.17, 15) is 13.2 Å². The Balaban J connectivity index is 0.00000338. The molecular formula is C16H26ClN3O4S2. The van der Waals surface area contributed by atoms with Gasteiger partial charge in [0.25, 0.3) is 0 Å². The van der Waals surface area contributed by atoms with Gasteiger partial charge >= 0.3 is 0 Å². The number of carbonyl (C=O) groups excluding carboxylic acids is 1.